The summed E-state index contributed by atoms with van der Waals surface area (Å²) in [4.78, 5) is 39.5. The molecule has 1 N–H and O–H groups in total. The van der Waals surface area contributed by atoms with Gasteiger partial charge < -0.3 is 19.6 Å². The van der Waals surface area contributed by atoms with Crippen molar-refractivity contribution in [2.75, 3.05) is 20.1 Å². The second-order valence-corrected chi connectivity index (χ2v) is 6.83. The van der Waals surface area contributed by atoms with Gasteiger partial charge in [-0.15, -0.1) is 0 Å². The molecule has 7 nitrogen and oxygen atoms in total. The number of aliphatic carboxylic acids is 1. The van der Waals surface area contributed by atoms with Gasteiger partial charge in [0.1, 0.15) is 5.82 Å². The summed E-state index contributed by atoms with van der Waals surface area (Å²) in [5.74, 6) is -2.61. The van der Waals surface area contributed by atoms with Gasteiger partial charge >= 0.3 is 5.97 Å². The summed E-state index contributed by atoms with van der Waals surface area (Å²) in [5, 5.41) is 9.20. The van der Waals surface area contributed by atoms with Crippen LogP contribution in [0.15, 0.2) is 24.3 Å². The summed E-state index contributed by atoms with van der Waals surface area (Å²) in [6.45, 7) is 1.93. The number of carboxylic acid groups (broad SMARTS) is 1. The third kappa shape index (κ3) is 3.41. The Morgan fingerprint density at radius 2 is 1.88 bits per heavy atom. The van der Waals surface area contributed by atoms with E-state index in [2.05, 4.69) is 0 Å². The van der Waals surface area contributed by atoms with Gasteiger partial charge in [0.15, 0.2) is 6.10 Å². The molecule has 1 aromatic carbocycles. The molecule has 0 aromatic heterocycles. The van der Waals surface area contributed by atoms with E-state index in [0.29, 0.717) is 5.56 Å². The third-order valence-electron chi connectivity index (χ3n) is 4.96. The van der Waals surface area contributed by atoms with Gasteiger partial charge in [-0.1, -0.05) is 12.1 Å². The van der Waals surface area contributed by atoms with Crippen LogP contribution in [0.2, 0.25) is 0 Å². The van der Waals surface area contributed by atoms with E-state index < -0.39 is 36.0 Å². The largest absolute Gasteiger partial charge is 0.479 e. The van der Waals surface area contributed by atoms with E-state index >= 15 is 0 Å². The van der Waals surface area contributed by atoms with Gasteiger partial charge in [0.25, 0.3) is 0 Å². The van der Waals surface area contributed by atoms with Gasteiger partial charge in [0.05, 0.1) is 24.6 Å². The second kappa shape index (κ2) is 7.03. The molecule has 26 heavy (non-hydrogen) atoms. The number of ether oxygens (including phenoxy) is 1. The van der Waals surface area contributed by atoms with Gasteiger partial charge in [-0.2, -0.15) is 0 Å². The highest BCUT2D eigenvalue weighted by Gasteiger charge is 2.45. The normalized spacial score (nSPS) is 29.1. The van der Waals surface area contributed by atoms with Gasteiger partial charge in [0.2, 0.25) is 11.8 Å². The van der Waals surface area contributed by atoms with Gasteiger partial charge in [0, 0.05) is 20.0 Å². The van der Waals surface area contributed by atoms with E-state index in [0.717, 1.165) is 0 Å². The summed E-state index contributed by atoms with van der Waals surface area (Å²) in [6, 6.07) is 5.22. The molecule has 3 unspecified atom stereocenters. The number of amides is 2. The Kier molecular flexibility index (Phi) is 4.95. The van der Waals surface area contributed by atoms with Crippen LogP contribution in [0, 0.1) is 11.7 Å². The topological polar surface area (TPSA) is 87.2 Å². The van der Waals surface area contributed by atoms with Crippen molar-refractivity contribution in [2.24, 2.45) is 5.92 Å². The monoisotopic (exact) mass is 364 g/mol. The first-order valence-electron chi connectivity index (χ1n) is 8.46. The summed E-state index contributed by atoms with van der Waals surface area (Å²) >= 11 is 0. The van der Waals surface area contributed by atoms with Crippen molar-refractivity contribution in [3.8, 4) is 0 Å². The smallest absolute Gasteiger partial charge is 0.334 e. The molecule has 0 saturated carbocycles. The standard InChI is InChI=1S/C18H21FN2O5/c1-10-8-21(9-14(26-10)18(24)25)17(23)13-7-15(22)20(2)16(13)11-3-5-12(19)6-4-11/h3-6,10,13-14,16H,7-9H2,1-2H3,(H,24,25)/t10-,13?,14?,16?/m1/s1. The van der Waals surface area contributed by atoms with Crippen molar-refractivity contribution in [2.45, 2.75) is 31.6 Å². The summed E-state index contributed by atoms with van der Waals surface area (Å²) in [7, 11) is 1.62. The molecule has 2 aliphatic rings. The maximum atomic E-state index is 13.2. The van der Waals surface area contributed by atoms with Crippen molar-refractivity contribution in [1.82, 2.24) is 9.80 Å². The van der Waals surface area contributed by atoms with E-state index in [-0.39, 0.29) is 31.3 Å². The average Bonchev–Trinajstić information content (AvgIpc) is 2.89. The fraction of sp³-hybridized carbons (Fsp3) is 0.500. The summed E-state index contributed by atoms with van der Waals surface area (Å²) in [5.41, 5.74) is 0.675. The number of carbonyl (C=O) groups excluding carboxylic acids is 2. The molecule has 0 radical (unpaired) electrons. The molecule has 2 saturated heterocycles. The lowest BCUT2D eigenvalue weighted by Gasteiger charge is -2.37. The Balaban J connectivity index is 1.85. The molecule has 0 spiro atoms. The van der Waals surface area contributed by atoms with Crippen molar-refractivity contribution >= 4 is 17.8 Å². The Labute approximate surface area is 150 Å². The van der Waals surface area contributed by atoms with E-state index in [1.165, 1.54) is 21.9 Å². The maximum Gasteiger partial charge on any atom is 0.334 e. The molecule has 8 heteroatoms. The molecule has 3 rings (SSSR count). The number of rotatable bonds is 3. The molecule has 2 aliphatic heterocycles. The van der Waals surface area contributed by atoms with Crippen LogP contribution in [0.4, 0.5) is 4.39 Å². The van der Waals surface area contributed by atoms with Crippen LogP contribution in [0.5, 0.6) is 0 Å². The predicted molar refractivity (Wildman–Crippen MR) is 88.6 cm³/mol. The van der Waals surface area contributed by atoms with Crippen LogP contribution in [0.3, 0.4) is 0 Å². The molecule has 2 fully saturated rings. The minimum Gasteiger partial charge on any atom is -0.479 e. The molecule has 2 amide bonds. The Morgan fingerprint density at radius 1 is 1.23 bits per heavy atom. The van der Waals surface area contributed by atoms with Crippen LogP contribution in [0.1, 0.15) is 24.9 Å². The van der Waals surface area contributed by atoms with Gasteiger partial charge in [-0.05, 0) is 24.6 Å². The van der Waals surface area contributed by atoms with Crippen molar-refractivity contribution in [3.63, 3.8) is 0 Å². The number of morpholine rings is 1. The second-order valence-electron chi connectivity index (χ2n) is 6.83. The van der Waals surface area contributed by atoms with Crippen LogP contribution in [-0.2, 0) is 19.1 Å². The highest BCUT2D eigenvalue weighted by Crippen LogP contribution is 2.38. The Bertz CT molecular complexity index is 723. The number of carboxylic acids is 1. The molecule has 1 aromatic rings. The Hall–Kier alpha value is -2.48. The molecule has 2 heterocycles. The number of likely N-dealkylation sites (tertiary alicyclic amines) is 1. The molecule has 140 valence electrons. The van der Waals surface area contributed by atoms with Crippen LogP contribution >= 0.6 is 0 Å². The number of hydrogen-bond donors (Lipinski definition) is 1. The molecule has 4 atom stereocenters. The number of carbonyl (C=O) groups is 3. The minimum atomic E-state index is -1.12. The highest BCUT2D eigenvalue weighted by atomic mass is 19.1. The third-order valence-corrected chi connectivity index (χ3v) is 4.96. The van der Waals surface area contributed by atoms with E-state index in [1.807, 2.05) is 0 Å². The SMILES string of the molecule is C[C@@H]1CN(C(=O)C2CC(=O)N(C)C2c2ccc(F)cc2)CC(C(=O)O)O1. The molecular formula is C18H21FN2O5. The average molecular weight is 364 g/mol. The molecule has 0 bridgehead atoms. The quantitative estimate of drug-likeness (QED) is 0.866. The maximum absolute atomic E-state index is 13.2. The van der Waals surface area contributed by atoms with E-state index in [9.17, 15) is 23.9 Å². The fourth-order valence-electron chi connectivity index (χ4n) is 3.71. The van der Waals surface area contributed by atoms with Crippen molar-refractivity contribution < 1.29 is 28.6 Å². The van der Waals surface area contributed by atoms with Crippen molar-refractivity contribution in [1.29, 1.82) is 0 Å². The Morgan fingerprint density at radius 3 is 2.50 bits per heavy atom. The number of benzene rings is 1. The van der Waals surface area contributed by atoms with E-state index in [4.69, 9.17) is 4.74 Å². The summed E-state index contributed by atoms with van der Waals surface area (Å²) < 4.78 is 18.6. The number of hydrogen-bond acceptors (Lipinski definition) is 4. The zero-order valence-electron chi connectivity index (χ0n) is 14.6. The van der Waals surface area contributed by atoms with Crippen molar-refractivity contribution in [3.05, 3.63) is 35.6 Å². The first-order chi connectivity index (χ1) is 12.3. The summed E-state index contributed by atoms with van der Waals surface area (Å²) in [6.07, 6.45) is -1.45. The molecule has 0 aliphatic carbocycles. The molecular weight excluding hydrogens is 343 g/mol. The lowest BCUT2D eigenvalue weighted by atomic mass is 9.92. The van der Waals surface area contributed by atoms with E-state index in [1.54, 1.807) is 26.1 Å². The minimum absolute atomic E-state index is 0.0425. The lowest BCUT2D eigenvalue weighted by molar-refractivity contribution is -0.168. The highest BCUT2D eigenvalue weighted by molar-refractivity contribution is 5.90. The van der Waals surface area contributed by atoms with Gasteiger partial charge in [-0.3, -0.25) is 9.59 Å². The lowest BCUT2D eigenvalue weighted by Crippen LogP contribution is -2.53. The first kappa shape index (κ1) is 18.3. The number of nitrogens with zero attached hydrogens (tertiary/aromatic N) is 2. The van der Waals surface area contributed by atoms with Crippen LogP contribution in [0.25, 0.3) is 0 Å². The predicted octanol–water partition coefficient (Wildman–Crippen LogP) is 1.05. The zero-order chi connectivity index (χ0) is 19.0. The van der Waals surface area contributed by atoms with Crippen LogP contribution in [-0.4, -0.2) is 65.0 Å². The van der Waals surface area contributed by atoms with Crippen LogP contribution < -0.4 is 0 Å². The first-order valence-corrected chi connectivity index (χ1v) is 8.46. The number of halogens is 1. The van der Waals surface area contributed by atoms with Gasteiger partial charge in [-0.25, -0.2) is 9.18 Å². The fourth-order valence-corrected chi connectivity index (χ4v) is 3.71. The zero-order valence-corrected chi connectivity index (χ0v) is 14.6.